The number of alkyl halides is 3. The summed E-state index contributed by atoms with van der Waals surface area (Å²) >= 11 is 0. The molecule has 6 rings (SSSR count). The van der Waals surface area contributed by atoms with E-state index in [4.69, 9.17) is 4.74 Å². The number of amides is 1. The first-order chi connectivity index (χ1) is 22.6. The van der Waals surface area contributed by atoms with Gasteiger partial charge in [-0.2, -0.15) is 17.9 Å². The number of fused-ring (bicyclic) bond motifs is 1. The first kappa shape index (κ1) is 32.6. The Balaban J connectivity index is 1.36. The molecule has 9 nitrogen and oxygen atoms in total. The minimum absolute atomic E-state index is 0.0596. The zero-order valence-corrected chi connectivity index (χ0v) is 26.8. The molecule has 0 bridgehead atoms. The maximum atomic E-state index is 13.7. The third-order valence-corrected chi connectivity index (χ3v) is 9.13. The molecule has 2 aliphatic rings. The predicted octanol–water partition coefficient (Wildman–Crippen LogP) is 5.26. The summed E-state index contributed by atoms with van der Waals surface area (Å²) in [6, 6.07) is 26.0. The number of piperazine rings is 2. The number of nitrogens with zero attached hydrogens (tertiary/aromatic N) is 7. The number of aromatic nitrogens is 4. The molecular weight excluding hydrogens is 607 g/mol. The molecule has 3 aromatic carbocycles. The van der Waals surface area contributed by atoms with E-state index in [9.17, 15) is 18.0 Å². The summed E-state index contributed by atoms with van der Waals surface area (Å²) in [5, 5.41) is 10.1. The quantitative estimate of drug-likeness (QED) is 0.245. The molecule has 0 spiro atoms. The van der Waals surface area contributed by atoms with Crippen LogP contribution in [0.2, 0.25) is 0 Å². The molecule has 47 heavy (non-hydrogen) atoms. The average Bonchev–Trinajstić information content (AvgIpc) is 3.57. The summed E-state index contributed by atoms with van der Waals surface area (Å²) in [7, 11) is 1.55. The molecule has 0 saturated carbocycles. The van der Waals surface area contributed by atoms with Gasteiger partial charge in [-0.1, -0.05) is 74.5 Å². The second-order valence-electron chi connectivity index (χ2n) is 12.8. The van der Waals surface area contributed by atoms with Crippen LogP contribution in [0.4, 0.5) is 13.2 Å². The van der Waals surface area contributed by atoms with Gasteiger partial charge in [0.2, 0.25) is 5.91 Å². The second-order valence-corrected chi connectivity index (χ2v) is 12.8. The van der Waals surface area contributed by atoms with E-state index in [1.165, 1.54) is 17.2 Å². The topological polar surface area (TPSA) is 79.6 Å². The molecule has 0 radical (unpaired) electrons. The molecule has 2 fully saturated rings. The first-order valence-electron chi connectivity index (χ1n) is 16.0. The van der Waals surface area contributed by atoms with E-state index < -0.39 is 12.0 Å². The van der Waals surface area contributed by atoms with Crippen LogP contribution in [0.3, 0.4) is 0 Å². The number of halogens is 3. The smallest absolute Gasteiger partial charge is 0.453 e. The lowest BCUT2D eigenvalue weighted by Crippen LogP contribution is -2.67. The Bertz CT molecular complexity index is 1610. The molecular formula is C35H40F3N7O2. The van der Waals surface area contributed by atoms with Gasteiger partial charge in [-0.3, -0.25) is 14.6 Å². The zero-order chi connectivity index (χ0) is 33.1. The van der Waals surface area contributed by atoms with Crippen molar-refractivity contribution < 1.29 is 22.7 Å². The van der Waals surface area contributed by atoms with Crippen molar-refractivity contribution in [2.75, 3.05) is 39.8 Å². The standard InChI is InChI=1S/C35H40F3N7O2/c1-24(2)18-32(46)43-16-17-44-29(22-43)21-42(23-30(44)33(25-10-6-4-7-11-25)26-12-8-5-9-13-26)20-27-19-28(14-15-31(27)47-3)45-34(35(36,37)38)39-40-41-45/h4-15,19,24,29-30,33H,16-18,20-23H2,1-3H3/t29-,30?/m1/s1. The zero-order valence-electron chi connectivity index (χ0n) is 26.8. The molecule has 1 unspecified atom stereocenters. The largest absolute Gasteiger partial charge is 0.496 e. The van der Waals surface area contributed by atoms with E-state index >= 15 is 0 Å². The van der Waals surface area contributed by atoms with E-state index in [1.807, 2.05) is 17.0 Å². The Morgan fingerprint density at radius 2 is 1.62 bits per heavy atom. The van der Waals surface area contributed by atoms with Gasteiger partial charge in [0, 0.05) is 69.3 Å². The Labute approximate surface area is 272 Å². The number of rotatable bonds is 9. The van der Waals surface area contributed by atoms with Crippen molar-refractivity contribution in [3.8, 4) is 11.4 Å². The lowest BCUT2D eigenvalue weighted by atomic mass is 9.81. The van der Waals surface area contributed by atoms with Crippen molar-refractivity contribution in [1.29, 1.82) is 0 Å². The highest BCUT2D eigenvalue weighted by Gasteiger charge is 2.43. The fraction of sp³-hybridized carbons (Fsp3) is 0.429. The molecule has 248 valence electrons. The summed E-state index contributed by atoms with van der Waals surface area (Å²) < 4.78 is 47.4. The van der Waals surface area contributed by atoms with Crippen molar-refractivity contribution in [3.05, 3.63) is 101 Å². The number of ether oxygens (including phenoxy) is 1. The van der Waals surface area contributed by atoms with Crippen molar-refractivity contribution in [1.82, 2.24) is 34.9 Å². The van der Waals surface area contributed by atoms with E-state index in [1.54, 1.807) is 19.2 Å². The van der Waals surface area contributed by atoms with Gasteiger partial charge in [-0.25, -0.2) is 0 Å². The summed E-state index contributed by atoms with van der Waals surface area (Å²) in [5.74, 6) is -0.121. The Morgan fingerprint density at radius 1 is 0.936 bits per heavy atom. The van der Waals surface area contributed by atoms with Gasteiger partial charge in [0.15, 0.2) is 0 Å². The van der Waals surface area contributed by atoms with Gasteiger partial charge in [-0.05, 0) is 45.7 Å². The summed E-state index contributed by atoms with van der Waals surface area (Å²) in [6.07, 6.45) is -4.20. The molecule has 2 aliphatic heterocycles. The summed E-state index contributed by atoms with van der Waals surface area (Å²) in [4.78, 5) is 20.1. The highest BCUT2D eigenvalue weighted by molar-refractivity contribution is 5.76. The highest BCUT2D eigenvalue weighted by atomic mass is 19.4. The van der Waals surface area contributed by atoms with Crippen LogP contribution in [0.25, 0.3) is 5.69 Å². The number of methoxy groups -OCH3 is 1. The fourth-order valence-electron chi connectivity index (χ4n) is 7.10. The Hall–Kier alpha value is -4.29. The molecule has 3 heterocycles. The Kier molecular flexibility index (Phi) is 9.60. The summed E-state index contributed by atoms with van der Waals surface area (Å²) in [5.41, 5.74) is 3.34. The molecule has 0 aliphatic carbocycles. The van der Waals surface area contributed by atoms with Gasteiger partial charge >= 0.3 is 6.18 Å². The number of hydrogen-bond donors (Lipinski definition) is 0. The van der Waals surface area contributed by atoms with Crippen LogP contribution in [-0.4, -0.2) is 92.7 Å². The molecule has 1 aromatic heterocycles. The van der Waals surface area contributed by atoms with Crippen LogP contribution in [0.15, 0.2) is 78.9 Å². The van der Waals surface area contributed by atoms with Gasteiger partial charge in [-0.15, -0.1) is 5.10 Å². The van der Waals surface area contributed by atoms with Crippen molar-refractivity contribution in [2.45, 2.75) is 51.0 Å². The number of carbonyl (C=O) groups excluding carboxylic acids is 1. The predicted molar refractivity (Wildman–Crippen MR) is 171 cm³/mol. The number of benzene rings is 3. The van der Waals surface area contributed by atoms with Crippen LogP contribution in [0.1, 0.15) is 48.7 Å². The normalized spacial score (nSPS) is 19.3. The van der Waals surface area contributed by atoms with E-state index in [0.29, 0.717) is 49.6 Å². The van der Waals surface area contributed by atoms with Gasteiger partial charge in [0.1, 0.15) is 5.75 Å². The van der Waals surface area contributed by atoms with Gasteiger partial charge in [0.25, 0.3) is 5.82 Å². The number of tetrazole rings is 1. The molecule has 12 heteroatoms. The van der Waals surface area contributed by atoms with Crippen molar-refractivity contribution >= 4 is 5.91 Å². The van der Waals surface area contributed by atoms with Crippen LogP contribution in [0.5, 0.6) is 5.75 Å². The average molecular weight is 648 g/mol. The molecule has 0 N–H and O–H groups in total. The maximum Gasteiger partial charge on any atom is 0.453 e. The van der Waals surface area contributed by atoms with E-state index in [2.05, 4.69) is 87.7 Å². The number of hydrogen-bond acceptors (Lipinski definition) is 7. The van der Waals surface area contributed by atoms with Crippen LogP contribution >= 0.6 is 0 Å². The van der Waals surface area contributed by atoms with E-state index in [0.717, 1.165) is 12.1 Å². The van der Waals surface area contributed by atoms with Crippen LogP contribution in [-0.2, 0) is 17.5 Å². The lowest BCUT2D eigenvalue weighted by molar-refractivity contribution is -0.146. The van der Waals surface area contributed by atoms with Crippen LogP contribution < -0.4 is 4.74 Å². The van der Waals surface area contributed by atoms with Crippen LogP contribution in [0, 0.1) is 5.92 Å². The minimum atomic E-state index is -4.71. The third-order valence-electron chi connectivity index (χ3n) is 9.13. The van der Waals surface area contributed by atoms with E-state index in [-0.39, 0.29) is 35.5 Å². The highest BCUT2D eigenvalue weighted by Crippen LogP contribution is 2.37. The third kappa shape index (κ3) is 7.18. The van der Waals surface area contributed by atoms with Gasteiger partial charge < -0.3 is 9.64 Å². The first-order valence-corrected chi connectivity index (χ1v) is 16.0. The molecule has 2 saturated heterocycles. The summed E-state index contributed by atoms with van der Waals surface area (Å²) in [6.45, 7) is 8.00. The number of carbonyl (C=O) groups is 1. The van der Waals surface area contributed by atoms with Gasteiger partial charge in [0.05, 0.1) is 12.8 Å². The minimum Gasteiger partial charge on any atom is -0.496 e. The Morgan fingerprint density at radius 3 is 2.23 bits per heavy atom. The van der Waals surface area contributed by atoms with Crippen molar-refractivity contribution in [2.24, 2.45) is 5.92 Å². The monoisotopic (exact) mass is 647 g/mol. The molecule has 1 amide bonds. The van der Waals surface area contributed by atoms with Crippen molar-refractivity contribution in [3.63, 3.8) is 0 Å². The molecule has 2 atom stereocenters. The SMILES string of the molecule is COc1ccc(-n2nnnc2C(F)(F)F)cc1CN1CC(C(c2ccccc2)c2ccccc2)N2CCN(C(=O)CC(C)C)C[C@H]2C1. The molecule has 4 aromatic rings. The fourth-order valence-corrected chi connectivity index (χ4v) is 7.10. The maximum absolute atomic E-state index is 13.7. The second kappa shape index (κ2) is 13.8. The lowest BCUT2D eigenvalue weighted by Gasteiger charge is -2.53.